The summed E-state index contributed by atoms with van der Waals surface area (Å²) in [5.41, 5.74) is 7.43. The summed E-state index contributed by atoms with van der Waals surface area (Å²) in [6, 6.07) is 0. The molecule has 2 heteroatoms. The highest BCUT2D eigenvalue weighted by Gasteiger charge is 1.99. The monoisotopic (exact) mass is 207 g/mol. The summed E-state index contributed by atoms with van der Waals surface area (Å²) >= 11 is 0. The van der Waals surface area contributed by atoms with E-state index in [2.05, 4.69) is 0 Å². The van der Waals surface area contributed by atoms with Crippen LogP contribution >= 0.6 is 0 Å². The van der Waals surface area contributed by atoms with Gasteiger partial charge in [-0.1, -0.05) is 18.2 Å². The van der Waals surface area contributed by atoms with Gasteiger partial charge in [0.2, 0.25) is 0 Å². The molecule has 0 aromatic heterocycles. The maximum absolute atomic E-state index is 5.67. The van der Waals surface area contributed by atoms with Crippen molar-refractivity contribution in [1.82, 2.24) is 0 Å². The van der Waals surface area contributed by atoms with E-state index in [9.17, 15) is 0 Å². The second kappa shape index (κ2) is 7.92. The lowest BCUT2D eigenvalue weighted by molar-refractivity contribution is 0.240. The average molecular weight is 207 g/mol. The van der Waals surface area contributed by atoms with Crippen molar-refractivity contribution < 1.29 is 4.74 Å². The van der Waals surface area contributed by atoms with Crippen molar-refractivity contribution in [1.29, 1.82) is 0 Å². The fourth-order valence-electron chi connectivity index (χ4n) is 1.16. The van der Waals surface area contributed by atoms with Gasteiger partial charge in [0.25, 0.3) is 0 Å². The van der Waals surface area contributed by atoms with Gasteiger partial charge in [0, 0.05) is 11.3 Å². The van der Waals surface area contributed by atoms with Crippen LogP contribution in [0.5, 0.6) is 0 Å². The average Bonchev–Trinajstić information content (AvgIpc) is 2.16. The number of rotatable bonds is 5. The first kappa shape index (κ1) is 13.6. The minimum atomic E-state index is 0.651. The van der Waals surface area contributed by atoms with Crippen molar-refractivity contribution in [3.05, 3.63) is 47.4 Å². The van der Waals surface area contributed by atoms with Gasteiger partial charge in [0.1, 0.15) is 5.76 Å². The lowest BCUT2D eigenvalue weighted by atomic mass is 10.1. The largest absolute Gasteiger partial charge is 0.493 e. The molecule has 15 heavy (non-hydrogen) atoms. The van der Waals surface area contributed by atoms with Crippen LogP contribution in [-0.2, 0) is 4.74 Å². The van der Waals surface area contributed by atoms with Crippen molar-refractivity contribution >= 4 is 0 Å². The van der Waals surface area contributed by atoms with Gasteiger partial charge in [-0.05, 0) is 39.8 Å². The SMILES string of the molecule is C\C=C/C(OCC)=C(\C=C\C)/C=C(\C)N. The quantitative estimate of drug-likeness (QED) is 0.554. The zero-order valence-electron chi connectivity index (χ0n) is 10.1. The van der Waals surface area contributed by atoms with Gasteiger partial charge in [-0.2, -0.15) is 0 Å². The van der Waals surface area contributed by atoms with E-state index in [1.165, 1.54) is 0 Å². The Morgan fingerprint density at radius 3 is 2.20 bits per heavy atom. The number of allylic oxidation sites excluding steroid dienone is 7. The van der Waals surface area contributed by atoms with Crippen LogP contribution < -0.4 is 5.73 Å². The molecule has 2 nitrogen and oxygen atoms in total. The van der Waals surface area contributed by atoms with Crippen LogP contribution in [0.25, 0.3) is 0 Å². The normalized spacial score (nSPS) is 14.8. The Labute approximate surface area is 92.8 Å². The van der Waals surface area contributed by atoms with E-state index in [-0.39, 0.29) is 0 Å². The third kappa shape index (κ3) is 5.78. The number of ether oxygens (including phenoxy) is 1. The fraction of sp³-hybridized carbons (Fsp3) is 0.385. The summed E-state index contributed by atoms with van der Waals surface area (Å²) in [5.74, 6) is 0.850. The molecular weight excluding hydrogens is 186 g/mol. The maximum atomic E-state index is 5.67. The van der Waals surface area contributed by atoms with Crippen LogP contribution in [0.3, 0.4) is 0 Å². The first-order valence-electron chi connectivity index (χ1n) is 5.21. The lowest BCUT2D eigenvalue weighted by Crippen LogP contribution is -1.96. The molecule has 0 atom stereocenters. The van der Waals surface area contributed by atoms with Gasteiger partial charge in [0.05, 0.1) is 6.61 Å². The van der Waals surface area contributed by atoms with Crippen LogP contribution in [0.2, 0.25) is 0 Å². The molecule has 0 fully saturated rings. The number of hydrogen-bond acceptors (Lipinski definition) is 2. The topological polar surface area (TPSA) is 35.2 Å². The van der Waals surface area contributed by atoms with Gasteiger partial charge in [-0.25, -0.2) is 0 Å². The predicted molar refractivity (Wildman–Crippen MR) is 66.2 cm³/mol. The van der Waals surface area contributed by atoms with Gasteiger partial charge in [-0.15, -0.1) is 0 Å². The molecule has 0 rings (SSSR count). The zero-order chi connectivity index (χ0) is 11.7. The molecule has 84 valence electrons. The summed E-state index contributed by atoms with van der Waals surface area (Å²) < 4.78 is 5.54. The van der Waals surface area contributed by atoms with Crippen molar-refractivity contribution in [2.45, 2.75) is 27.7 Å². The fourth-order valence-corrected chi connectivity index (χ4v) is 1.16. The summed E-state index contributed by atoms with van der Waals surface area (Å²) in [7, 11) is 0. The zero-order valence-corrected chi connectivity index (χ0v) is 10.1. The molecule has 0 bridgehead atoms. The van der Waals surface area contributed by atoms with Crippen LogP contribution in [0.4, 0.5) is 0 Å². The number of hydrogen-bond donors (Lipinski definition) is 1. The Morgan fingerprint density at radius 1 is 1.20 bits per heavy atom. The van der Waals surface area contributed by atoms with Crippen molar-refractivity contribution in [3.63, 3.8) is 0 Å². The molecule has 2 N–H and O–H groups in total. The van der Waals surface area contributed by atoms with E-state index >= 15 is 0 Å². The molecule has 0 spiro atoms. The summed E-state index contributed by atoms with van der Waals surface area (Å²) in [6.45, 7) is 8.42. The number of nitrogens with two attached hydrogens (primary N) is 1. The molecule has 0 amide bonds. The van der Waals surface area contributed by atoms with Crippen molar-refractivity contribution in [3.8, 4) is 0 Å². The molecule has 0 saturated carbocycles. The van der Waals surface area contributed by atoms with E-state index in [0.717, 1.165) is 17.0 Å². The molecule has 0 aliphatic carbocycles. The minimum absolute atomic E-state index is 0.651. The molecule has 0 aromatic rings. The molecule has 0 saturated heterocycles. The van der Waals surface area contributed by atoms with E-state index < -0.39 is 0 Å². The van der Waals surface area contributed by atoms with E-state index in [1.807, 2.05) is 58.1 Å². The summed E-state index contributed by atoms with van der Waals surface area (Å²) in [6.07, 6.45) is 9.76. The van der Waals surface area contributed by atoms with Crippen molar-refractivity contribution in [2.24, 2.45) is 5.73 Å². The van der Waals surface area contributed by atoms with Crippen LogP contribution in [-0.4, -0.2) is 6.61 Å². The molecule has 0 aliphatic heterocycles. The highest BCUT2D eigenvalue weighted by atomic mass is 16.5. The van der Waals surface area contributed by atoms with Gasteiger partial charge in [-0.3, -0.25) is 0 Å². The second-order valence-corrected chi connectivity index (χ2v) is 3.14. The van der Waals surface area contributed by atoms with Gasteiger partial charge in [0.15, 0.2) is 0 Å². The standard InChI is InChI=1S/C13H21NO/c1-5-8-12(10-11(4)14)13(9-6-2)15-7-3/h5-6,8-10H,7,14H2,1-4H3/b8-5+,9-6-,11-10+,13-12-. The van der Waals surface area contributed by atoms with Gasteiger partial charge >= 0.3 is 0 Å². The Bertz CT molecular complexity index is 292. The van der Waals surface area contributed by atoms with E-state index in [0.29, 0.717) is 6.61 Å². The predicted octanol–water partition coefficient (Wildman–Crippen LogP) is 3.29. The second-order valence-electron chi connectivity index (χ2n) is 3.14. The van der Waals surface area contributed by atoms with E-state index in [1.54, 1.807) is 0 Å². The minimum Gasteiger partial charge on any atom is -0.493 e. The Morgan fingerprint density at radius 2 is 1.80 bits per heavy atom. The smallest absolute Gasteiger partial charge is 0.126 e. The Balaban J connectivity index is 5.23. The molecule has 0 heterocycles. The summed E-state index contributed by atoms with van der Waals surface area (Å²) in [5, 5.41) is 0. The Kier molecular flexibility index (Phi) is 7.16. The molecule has 0 unspecified atom stereocenters. The molecule has 0 aromatic carbocycles. The first-order valence-corrected chi connectivity index (χ1v) is 5.21. The van der Waals surface area contributed by atoms with Crippen LogP contribution in [0.15, 0.2) is 47.4 Å². The third-order valence-corrected chi connectivity index (χ3v) is 1.63. The van der Waals surface area contributed by atoms with E-state index in [4.69, 9.17) is 10.5 Å². The third-order valence-electron chi connectivity index (χ3n) is 1.63. The molecule has 0 radical (unpaired) electrons. The van der Waals surface area contributed by atoms with Crippen molar-refractivity contribution in [2.75, 3.05) is 6.61 Å². The molecular formula is C13H21NO. The maximum Gasteiger partial charge on any atom is 0.126 e. The summed E-state index contributed by atoms with van der Waals surface area (Å²) in [4.78, 5) is 0. The first-order chi connectivity index (χ1) is 7.15. The lowest BCUT2D eigenvalue weighted by Gasteiger charge is -2.07. The Hall–Kier alpha value is -1.44. The van der Waals surface area contributed by atoms with Crippen LogP contribution in [0.1, 0.15) is 27.7 Å². The highest BCUT2D eigenvalue weighted by molar-refractivity contribution is 5.38. The van der Waals surface area contributed by atoms with Gasteiger partial charge < -0.3 is 10.5 Å². The molecule has 0 aliphatic rings. The van der Waals surface area contributed by atoms with Crippen LogP contribution in [0, 0.1) is 0 Å². The highest BCUT2D eigenvalue weighted by Crippen LogP contribution is 2.12.